The largest absolute Gasteiger partial charge is 0.459 e. The number of nitrogens with one attached hydrogen (secondary N) is 2. The van der Waals surface area contributed by atoms with Crippen LogP contribution < -0.4 is 10.6 Å². The van der Waals surface area contributed by atoms with Gasteiger partial charge >= 0.3 is 0 Å². The number of furan rings is 1. The Morgan fingerprint density at radius 1 is 1.03 bits per heavy atom. The minimum Gasteiger partial charge on any atom is -0.459 e. The van der Waals surface area contributed by atoms with Crippen LogP contribution in [0.25, 0.3) is 0 Å². The topological polar surface area (TPSA) is 102 Å². The van der Waals surface area contributed by atoms with Crippen LogP contribution in [0, 0.1) is 6.92 Å². The van der Waals surface area contributed by atoms with Crippen LogP contribution in [0.4, 0.5) is 11.4 Å². The maximum Gasteiger partial charge on any atom is 0.291 e. The number of benzene rings is 2. The molecule has 4 rings (SSSR count). The fourth-order valence-electron chi connectivity index (χ4n) is 2.94. The van der Waals surface area contributed by atoms with Crippen LogP contribution in [-0.2, 0) is 6.54 Å². The van der Waals surface area contributed by atoms with Crippen LogP contribution >= 0.6 is 0 Å². The number of carbonyl (C=O) groups is 2. The van der Waals surface area contributed by atoms with Gasteiger partial charge < -0.3 is 15.1 Å². The Labute approximate surface area is 172 Å². The normalized spacial score (nSPS) is 10.6. The van der Waals surface area contributed by atoms with Crippen molar-refractivity contribution in [2.45, 2.75) is 13.5 Å². The summed E-state index contributed by atoms with van der Waals surface area (Å²) in [6.45, 7) is 2.41. The second-order valence-electron chi connectivity index (χ2n) is 6.71. The van der Waals surface area contributed by atoms with E-state index in [1.54, 1.807) is 41.3 Å². The summed E-state index contributed by atoms with van der Waals surface area (Å²) >= 11 is 0. The van der Waals surface area contributed by atoms with E-state index in [0.29, 0.717) is 23.5 Å². The van der Waals surface area contributed by atoms with Crippen LogP contribution in [0.3, 0.4) is 0 Å². The average molecular weight is 401 g/mol. The van der Waals surface area contributed by atoms with Gasteiger partial charge in [0.05, 0.1) is 12.8 Å². The molecule has 30 heavy (non-hydrogen) atoms. The highest BCUT2D eigenvalue weighted by Crippen LogP contribution is 2.20. The molecule has 0 atom stereocenters. The molecule has 0 radical (unpaired) electrons. The molecule has 150 valence electrons. The Morgan fingerprint density at radius 3 is 2.70 bits per heavy atom. The summed E-state index contributed by atoms with van der Waals surface area (Å²) in [6.07, 6.45) is 4.55. The van der Waals surface area contributed by atoms with Crippen molar-refractivity contribution >= 4 is 23.2 Å². The Bertz CT molecular complexity index is 1170. The lowest BCUT2D eigenvalue weighted by Gasteiger charge is -2.11. The minimum absolute atomic E-state index is 0.202. The Kier molecular flexibility index (Phi) is 5.38. The van der Waals surface area contributed by atoms with Crippen molar-refractivity contribution in [2.75, 3.05) is 10.6 Å². The van der Waals surface area contributed by atoms with Gasteiger partial charge in [-0.25, -0.2) is 9.67 Å². The standard InChI is InChI=1S/C22H19N5O3/c1-15-7-8-17(11-19(15)26-22(29)20-6-3-9-30-20)21(28)25-18-5-2-4-16(10-18)12-27-14-23-13-24-27/h2-11,13-14H,12H2,1H3,(H,25,28)(H,26,29). The number of carbonyl (C=O) groups excluding carboxylic acids is 2. The molecule has 8 nitrogen and oxygen atoms in total. The Hall–Kier alpha value is -4.20. The number of anilines is 2. The summed E-state index contributed by atoms with van der Waals surface area (Å²) in [7, 11) is 0. The van der Waals surface area contributed by atoms with Gasteiger partial charge in [-0.1, -0.05) is 18.2 Å². The van der Waals surface area contributed by atoms with E-state index in [0.717, 1.165) is 11.1 Å². The molecule has 0 aliphatic carbocycles. The number of hydrogen-bond donors (Lipinski definition) is 2. The third kappa shape index (κ3) is 4.44. The maximum absolute atomic E-state index is 12.8. The van der Waals surface area contributed by atoms with Crippen molar-refractivity contribution in [2.24, 2.45) is 0 Å². The van der Waals surface area contributed by atoms with Crippen molar-refractivity contribution < 1.29 is 14.0 Å². The Morgan fingerprint density at radius 2 is 1.93 bits per heavy atom. The summed E-state index contributed by atoms with van der Waals surface area (Å²) in [6, 6.07) is 15.9. The van der Waals surface area contributed by atoms with E-state index >= 15 is 0 Å². The number of amides is 2. The lowest BCUT2D eigenvalue weighted by molar-refractivity contribution is 0.0993. The van der Waals surface area contributed by atoms with Crippen LogP contribution in [0.5, 0.6) is 0 Å². The molecule has 0 bridgehead atoms. The summed E-state index contributed by atoms with van der Waals surface area (Å²) in [5.41, 5.74) is 3.45. The van der Waals surface area contributed by atoms with Crippen LogP contribution in [0.2, 0.25) is 0 Å². The molecule has 0 spiro atoms. The molecule has 2 N–H and O–H groups in total. The molecule has 2 amide bonds. The van der Waals surface area contributed by atoms with E-state index in [1.807, 2.05) is 31.2 Å². The van der Waals surface area contributed by atoms with E-state index in [4.69, 9.17) is 4.42 Å². The van der Waals surface area contributed by atoms with Crippen molar-refractivity contribution in [3.05, 3.63) is 96.0 Å². The van der Waals surface area contributed by atoms with Gasteiger partial charge in [-0.05, 0) is 54.4 Å². The average Bonchev–Trinajstić information content (AvgIpc) is 3.44. The fourth-order valence-corrected chi connectivity index (χ4v) is 2.94. The first kappa shape index (κ1) is 19.1. The number of hydrogen-bond acceptors (Lipinski definition) is 5. The molecular formula is C22H19N5O3. The molecule has 0 aliphatic heterocycles. The second kappa shape index (κ2) is 8.44. The monoisotopic (exact) mass is 401 g/mol. The first-order valence-electron chi connectivity index (χ1n) is 9.27. The first-order valence-corrected chi connectivity index (χ1v) is 9.27. The lowest BCUT2D eigenvalue weighted by Crippen LogP contribution is -2.15. The smallest absolute Gasteiger partial charge is 0.291 e. The minimum atomic E-state index is -0.374. The molecule has 0 saturated heterocycles. The van der Waals surface area contributed by atoms with Crippen molar-refractivity contribution in [1.82, 2.24) is 14.8 Å². The van der Waals surface area contributed by atoms with Gasteiger partial charge in [0.15, 0.2) is 5.76 Å². The molecular weight excluding hydrogens is 382 g/mol. The van der Waals surface area contributed by atoms with Gasteiger partial charge in [0.2, 0.25) is 0 Å². The molecule has 2 heterocycles. The zero-order chi connectivity index (χ0) is 20.9. The first-order chi connectivity index (χ1) is 14.6. The van der Waals surface area contributed by atoms with Gasteiger partial charge in [-0.3, -0.25) is 9.59 Å². The summed E-state index contributed by atoms with van der Waals surface area (Å²) < 4.78 is 6.81. The second-order valence-corrected chi connectivity index (χ2v) is 6.71. The quantitative estimate of drug-likeness (QED) is 0.512. The molecule has 0 unspecified atom stereocenters. The third-order valence-electron chi connectivity index (χ3n) is 4.49. The van der Waals surface area contributed by atoms with E-state index in [9.17, 15) is 9.59 Å². The zero-order valence-corrected chi connectivity index (χ0v) is 16.2. The van der Waals surface area contributed by atoms with E-state index in [2.05, 4.69) is 20.7 Å². The maximum atomic E-state index is 12.8. The number of aryl methyl sites for hydroxylation is 1. The SMILES string of the molecule is Cc1ccc(C(=O)Nc2cccc(Cn3cncn3)c2)cc1NC(=O)c1ccco1. The highest BCUT2D eigenvalue weighted by molar-refractivity contribution is 6.07. The summed E-state index contributed by atoms with van der Waals surface area (Å²) in [4.78, 5) is 28.9. The van der Waals surface area contributed by atoms with Gasteiger partial charge in [-0.15, -0.1) is 0 Å². The highest BCUT2D eigenvalue weighted by atomic mass is 16.3. The summed E-state index contributed by atoms with van der Waals surface area (Å²) in [5.74, 6) is -0.448. The predicted octanol–water partition coefficient (Wildman–Crippen LogP) is 3.73. The van der Waals surface area contributed by atoms with Crippen LogP contribution in [0.1, 0.15) is 32.0 Å². The zero-order valence-electron chi connectivity index (χ0n) is 16.2. The van der Waals surface area contributed by atoms with Gasteiger partial charge in [0.1, 0.15) is 12.7 Å². The van der Waals surface area contributed by atoms with Crippen LogP contribution in [-0.4, -0.2) is 26.6 Å². The molecule has 2 aromatic carbocycles. The predicted molar refractivity (Wildman–Crippen MR) is 111 cm³/mol. The molecule has 0 aliphatic rings. The molecule has 8 heteroatoms. The molecule has 2 aromatic heterocycles. The van der Waals surface area contributed by atoms with Crippen molar-refractivity contribution in [3.8, 4) is 0 Å². The number of nitrogens with zero attached hydrogens (tertiary/aromatic N) is 3. The third-order valence-corrected chi connectivity index (χ3v) is 4.49. The van der Waals surface area contributed by atoms with E-state index in [1.165, 1.54) is 12.6 Å². The number of rotatable bonds is 6. The van der Waals surface area contributed by atoms with Crippen molar-refractivity contribution in [3.63, 3.8) is 0 Å². The Balaban J connectivity index is 1.48. The van der Waals surface area contributed by atoms with Gasteiger partial charge in [0, 0.05) is 16.9 Å². The van der Waals surface area contributed by atoms with Crippen LogP contribution in [0.15, 0.2) is 77.9 Å². The highest BCUT2D eigenvalue weighted by Gasteiger charge is 2.13. The molecule has 0 saturated carbocycles. The number of aromatic nitrogens is 3. The van der Waals surface area contributed by atoms with Gasteiger partial charge in [-0.2, -0.15) is 5.10 Å². The van der Waals surface area contributed by atoms with E-state index in [-0.39, 0.29) is 17.6 Å². The van der Waals surface area contributed by atoms with Gasteiger partial charge in [0.25, 0.3) is 11.8 Å². The fraction of sp³-hybridized carbons (Fsp3) is 0.0909. The van der Waals surface area contributed by atoms with E-state index < -0.39 is 0 Å². The molecule has 0 fully saturated rings. The molecule has 4 aromatic rings. The van der Waals surface area contributed by atoms with Crippen molar-refractivity contribution in [1.29, 1.82) is 0 Å². The summed E-state index contributed by atoms with van der Waals surface area (Å²) in [5, 5.41) is 9.75. The lowest BCUT2D eigenvalue weighted by atomic mass is 10.1.